The van der Waals surface area contributed by atoms with E-state index in [1.54, 1.807) is 12.3 Å². The SMILES string of the molecule is N#CC1=CNC(Oc2ccccc2)C=C1. The summed E-state index contributed by atoms with van der Waals surface area (Å²) in [5, 5.41) is 11.6. The molecule has 74 valence electrons. The van der Waals surface area contributed by atoms with Crippen LogP contribution >= 0.6 is 0 Å². The van der Waals surface area contributed by atoms with E-state index >= 15 is 0 Å². The summed E-state index contributed by atoms with van der Waals surface area (Å²) < 4.78 is 5.60. The zero-order chi connectivity index (χ0) is 10.5. The first-order chi connectivity index (χ1) is 7.38. The minimum atomic E-state index is -0.204. The van der Waals surface area contributed by atoms with Gasteiger partial charge in [-0.3, -0.25) is 0 Å². The highest BCUT2D eigenvalue weighted by atomic mass is 16.5. The quantitative estimate of drug-likeness (QED) is 0.790. The van der Waals surface area contributed by atoms with Crippen LogP contribution in [0.5, 0.6) is 5.75 Å². The van der Waals surface area contributed by atoms with Gasteiger partial charge in [0.2, 0.25) is 0 Å². The molecule has 1 unspecified atom stereocenters. The number of hydrogen-bond acceptors (Lipinski definition) is 3. The van der Waals surface area contributed by atoms with Crippen molar-refractivity contribution < 1.29 is 4.74 Å². The van der Waals surface area contributed by atoms with Gasteiger partial charge in [0.15, 0.2) is 6.23 Å². The van der Waals surface area contributed by atoms with Gasteiger partial charge in [0, 0.05) is 6.20 Å². The lowest BCUT2D eigenvalue weighted by molar-refractivity contribution is 0.227. The lowest BCUT2D eigenvalue weighted by Crippen LogP contribution is -2.30. The van der Waals surface area contributed by atoms with Crippen LogP contribution in [0.2, 0.25) is 0 Å². The second-order valence-corrected chi connectivity index (χ2v) is 3.09. The molecular weight excluding hydrogens is 188 g/mol. The molecule has 3 heteroatoms. The number of nitrogens with one attached hydrogen (secondary N) is 1. The van der Waals surface area contributed by atoms with Crippen LogP contribution in [-0.4, -0.2) is 6.23 Å². The third-order valence-electron chi connectivity index (χ3n) is 1.99. The minimum Gasteiger partial charge on any atom is -0.467 e. The maximum Gasteiger partial charge on any atom is 0.189 e. The Morgan fingerprint density at radius 2 is 2.07 bits per heavy atom. The number of ether oxygens (including phenoxy) is 1. The van der Waals surface area contributed by atoms with E-state index in [2.05, 4.69) is 5.32 Å². The molecule has 0 aliphatic carbocycles. The summed E-state index contributed by atoms with van der Waals surface area (Å²) >= 11 is 0. The maximum atomic E-state index is 8.62. The van der Waals surface area contributed by atoms with E-state index < -0.39 is 0 Å². The third-order valence-corrected chi connectivity index (χ3v) is 1.99. The standard InChI is InChI=1S/C12H10N2O/c13-8-10-6-7-12(14-9-10)15-11-4-2-1-3-5-11/h1-7,9,12,14H. The van der Waals surface area contributed by atoms with Crippen LogP contribution in [-0.2, 0) is 0 Å². The zero-order valence-corrected chi connectivity index (χ0v) is 8.05. The molecule has 1 N–H and O–H groups in total. The van der Waals surface area contributed by atoms with Crippen molar-refractivity contribution in [3.05, 3.63) is 54.3 Å². The first kappa shape index (κ1) is 9.35. The van der Waals surface area contributed by atoms with Crippen molar-refractivity contribution in [2.75, 3.05) is 0 Å². The van der Waals surface area contributed by atoms with Crippen molar-refractivity contribution in [3.8, 4) is 11.8 Å². The Balaban J connectivity index is 1.98. The van der Waals surface area contributed by atoms with Crippen molar-refractivity contribution in [3.63, 3.8) is 0 Å². The molecule has 1 heterocycles. The molecule has 1 aliphatic heterocycles. The van der Waals surface area contributed by atoms with E-state index in [0.717, 1.165) is 5.75 Å². The van der Waals surface area contributed by atoms with E-state index in [1.165, 1.54) is 0 Å². The average Bonchev–Trinajstić information content (AvgIpc) is 2.31. The van der Waals surface area contributed by atoms with Crippen molar-refractivity contribution in [2.24, 2.45) is 0 Å². The molecule has 1 aliphatic rings. The number of nitriles is 1. The Bertz CT molecular complexity index is 429. The van der Waals surface area contributed by atoms with E-state index in [4.69, 9.17) is 10.00 Å². The highest BCUT2D eigenvalue weighted by molar-refractivity contribution is 5.35. The molecule has 0 spiro atoms. The molecule has 2 rings (SSSR count). The van der Waals surface area contributed by atoms with Crippen LogP contribution in [0.15, 0.2) is 54.3 Å². The Morgan fingerprint density at radius 3 is 2.67 bits per heavy atom. The van der Waals surface area contributed by atoms with E-state index in [9.17, 15) is 0 Å². The first-order valence-corrected chi connectivity index (χ1v) is 4.65. The van der Waals surface area contributed by atoms with Gasteiger partial charge in [-0.05, 0) is 24.3 Å². The molecule has 0 radical (unpaired) electrons. The van der Waals surface area contributed by atoms with Gasteiger partial charge >= 0.3 is 0 Å². The summed E-state index contributed by atoms with van der Waals surface area (Å²) in [5.41, 5.74) is 0.600. The fraction of sp³-hybridized carbons (Fsp3) is 0.0833. The van der Waals surface area contributed by atoms with Crippen LogP contribution in [0.25, 0.3) is 0 Å². The molecular formula is C12H10N2O. The molecule has 1 aromatic rings. The van der Waals surface area contributed by atoms with Crippen LogP contribution in [0, 0.1) is 11.3 Å². The van der Waals surface area contributed by atoms with Crippen molar-refractivity contribution >= 4 is 0 Å². The third kappa shape index (κ3) is 2.38. The molecule has 0 saturated heterocycles. The molecule has 3 nitrogen and oxygen atoms in total. The smallest absolute Gasteiger partial charge is 0.189 e. The Morgan fingerprint density at radius 1 is 1.27 bits per heavy atom. The molecule has 1 atom stereocenters. The van der Waals surface area contributed by atoms with E-state index in [-0.39, 0.29) is 6.23 Å². The topological polar surface area (TPSA) is 45.0 Å². The number of hydrogen-bond donors (Lipinski definition) is 1. The Labute approximate surface area is 88.3 Å². The van der Waals surface area contributed by atoms with Crippen LogP contribution in [0.4, 0.5) is 0 Å². The van der Waals surface area contributed by atoms with Gasteiger partial charge in [-0.2, -0.15) is 5.26 Å². The number of allylic oxidation sites excluding steroid dienone is 2. The summed E-state index contributed by atoms with van der Waals surface area (Å²) in [6, 6.07) is 11.6. The second kappa shape index (κ2) is 4.34. The molecule has 0 fully saturated rings. The summed E-state index contributed by atoms with van der Waals surface area (Å²) in [6.07, 6.45) is 4.99. The monoisotopic (exact) mass is 198 g/mol. The second-order valence-electron chi connectivity index (χ2n) is 3.09. The lowest BCUT2D eigenvalue weighted by Gasteiger charge is -2.18. The van der Waals surface area contributed by atoms with Crippen molar-refractivity contribution in [1.29, 1.82) is 5.26 Å². The van der Waals surface area contributed by atoms with Gasteiger partial charge in [0.1, 0.15) is 11.8 Å². The van der Waals surface area contributed by atoms with Gasteiger partial charge in [-0.15, -0.1) is 0 Å². The number of dihydropyridines is 1. The molecule has 0 saturated carbocycles. The number of rotatable bonds is 2. The van der Waals surface area contributed by atoms with Gasteiger partial charge in [-0.25, -0.2) is 0 Å². The fourth-order valence-electron chi connectivity index (χ4n) is 1.26. The van der Waals surface area contributed by atoms with Crippen LogP contribution < -0.4 is 10.1 Å². The normalized spacial score (nSPS) is 18.6. The average molecular weight is 198 g/mol. The molecule has 15 heavy (non-hydrogen) atoms. The van der Waals surface area contributed by atoms with Crippen molar-refractivity contribution in [2.45, 2.75) is 6.23 Å². The molecule has 0 aromatic heterocycles. The number of nitrogens with zero attached hydrogens (tertiary/aromatic N) is 1. The number of para-hydroxylation sites is 1. The number of benzene rings is 1. The van der Waals surface area contributed by atoms with E-state index in [0.29, 0.717) is 5.57 Å². The Kier molecular flexibility index (Phi) is 2.70. The van der Waals surface area contributed by atoms with Gasteiger partial charge in [0.25, 0.3) is 0 Å². The van der Waals surface area contributed by atoms with Crippen LogP contribution in [0.1, 0.15) is 0 Å². The largest absolute Gasteiger partial charge is 0.467 e. The predicted octanol–water partition coefficient (Wildman–Crippen LogP) is 1.96. The van der Waals surface area contributed by atoms with E-state index in [1.807, 2.05) is 42.5 Å². The van der Waals surface area contributed by atoms with Gasteiger partial charge in [-0.1, -0.05) is 18.2 Å². The predicted molar refractivity (Wildman–Crippen MR) is 56.8 cm³/mol. The van der Waals surface area contributed by atoms with Gasteiger partial charge in [0.05, 0.1) is 5.57 Å². The maximum absolute atomic E-state index is 8.62. The molecule has 1 aromatic carbocycles. The molecule has 0 amide bonds. The summed E-state index contributed by atoms with van der Waals surface area (Å²) in [4.78, 5) is 0. The van der Waals surface area contributed by atoms with Crippen LogP contribution in [0.3, 0.4) is 0 Å². The highest BCUT2D eigenvalue weighted by Gasteiger charge is 2.07. The fourth-order valence-corrected chi connectivity index (χ4v) is 1.26. The highest BCUT2D eigenvalue weighted by Crippen LogP contribution is 2.12. The molecule has 0 bridgehead atoms. The first-order valence-electron chi connectivity index (χ1n) is 4.65. The lowest BCUT2D eigenvalue weighted by atomic mass is 10.2. The zero-order valence-electron chi connectivity index (χ0n) is 8.05. The Hall–Kier alpha value is -2.21. The minimum absolute atomic E-state index is 0.204. The van der Waals surface area contributed by atoms with Crippen molar-refractivity contribution in [1.82, 2.24) is 5.32 Å². The summed E-state index contributed by atoms with van der Waals surface area (Å²) in [5.74, 6) is 0.799. The summed E-state index contributed by atoms with van der Waals surface area (Å²) in [6.45, 7) is 0. The summed E-state index contributed by atoms with van der Waals surface area (Å²) in [7, 11) is 0. The van der Waals surface area contributed by atoms with Gasteiger partial charge < -0.3 is 10.1 Å².